The predicted molar refractivity (Wildman–Crippen MR) is 98.7 cm³/mol. The molecule has 5 heteroatoms. The van der Waals surface area contributed by atoms with Crippen molar-refractivity contribution in [3.05, 3.63) is 90.1 Å². The third kappa shape index (κ3) is 3.07. The zero-order valence-electron chi connectivity index (χ0n) is 14.3. The van der Waals surface area contributed by atoms with Gasteiger partial charge in [0.2, 0.25) is 0 Å². The Bertz CT molecular complexity index is 1070. The third-order valence-corrected chi connectivity index (χ3v) is 4.19. The molecular formula is C21H17N3O2. The smallest absolute Gasteiger partial charge is 0.357 e. The first-order chi connectivity index (χ1) is 12.7. The average Bonchev–Trinajstić information content (AvgIpc) is 3.03. The molecule has 0 aliphatic carbocycles. The summed E-state index contributed by atoms with van der Waals surface area (Å²) in [5.41, 5.74) is 4.84. The predicted octanol–water partition coefficient (Wildman–Crippen LogP) is 4.06. The highest BCUT2D eigenvalue weighted by molar-refractivity contribution is 5.90. The van der Waals surface area contributed by atoms with Crippen LogP contribution >= 0.6 is 0 Å². The van der Waals surface area contributed by atoms with Crippen molar-refractivity contribution in [1.82, 2.24) is 14.4 Å². The Morgan fingerprint density at radius 2 is 1.96 bits per heavy atom. The van der Waals surface area contributed by atoms with E-state index in [2.05, 4.69) is 9.97 Å². The van der Waals surface area contributed by atoms with Crippen LogP contribution in [0.1, 0.15) is 21.7 Å². The summed E-state index contributed by atoms with van der Waals surface area (Å²) in [6.07, 6.45) is 5.37. The second kappa shape index (κ2) is 6.80. The molecule has 3 aromatic heterocycles. The van der Waals surface area contributed by atoms with Gasteiger partial charge in [0.1, 0.15) is 12.3 Å². The number of fused-ring (bicyclic) bond motifs is 1. The van der Waals surface area contributed by atoms with E-state index in [4.69, 9.17) is 4.74 Å². The van der Waals surface area contributed by atoms with E-state index in [0.29, 0.717) is 11.4 Å². The van der Waals surface area contributed by atoms with E-state index in [1.165, 1.54) is 0 Å². The number of aromatic nitrogens is 3. The molecule has 3 heterocycles. The van der Waals surface area contributed by atoms with Gasteiger partial charge in [0.15, 0.2) is 5.69 Å². The second-order valence-corrected chi connectivity index (χ2v) is 5.99. The number of imidazole rings is 1. The monoisotopic (exact) mass is 343 g/mol. The Balaban J connectivity index is 1.54. The van der Waals surface area contributed by atoms with Crippen LogP contribution < -0.4 is 0 Å². The number of aryl methyl sites for hydroxylation is 1. The van der Waals surface area contributed by atoms with Crippen molar-refractivity contribution in [3.63, 3.8) is 0 Å². The lowest BCUT2D eigenvalue weighted by molar-refractivity contribution is 0.0463. The Hall–Kier alpha value is -3.47. The number of nitrogens with zero attached hydrogens (tertiary/aromatic N) is 3. The van der Waals surface area contributed by atoms with E-state index in [1.54, 1.807) is 10.6 Å². The number of carbonyl (C=O) groups is 1. The van der Waals surface area contributed by atoms with Crippen LogP contribution in [0.5, 0.6) is 0 Å². The van der Waals surface area contributed by atoms with Gasteiger partial charge in [-0.05, 0) is 47.9 Å². The van der Waals surface area contributed by atoms with Gasteiger partial charge in [-0.2, -0.15) is 0 Å². The Morgan fingerprint density at radius 3 is 2.81 bits per heavy atom. The van der Waals surface area contributed by atoms with E-state index in [0.717, 1.165) is 22.3 Å². The zero-order valence-corrected chi connectivity index (χ0v) is 14.3. The van der Waals surface area contributed by atoms with Gasteiger partial charge in [0, 0.05) is 18.6 Å². The van der Waals surface area contributed by atoms with Gasteiger partial charge in [0.05, 0.1) is 5.69 Å². The van der Waals surface area contributed by atoms with Gasteiger partial charge in [-0.1, -0.05) is 30.3 Å². The lowest BCUT2D eigenvalue weighted by Crippen LogP contribution is -2.09. The summed E-state index contributed by atoms with van der Waals surface area (Å²) in [6.45, 7) is 2.01. The van der Waals surface area contributed by atoms with Gasteiger partial charge >= 0.3 is 5.97 Å². The van der Waals surface area contributed by atoms with Crippen LogP contribution in [0.4, 0.5) is 0 Å². The standard InChI is InChI=1S/C21H17N3O2/c1-15-20(24-11-3-2-9-19(24)23-15)21(25)26-14-16-6-4-7-17(12-16)18-8-5-10-22-13-18/h2-13H,14H2,1H3. The highest BCUT2D eigenvalue weighted by Gasteiger charge is 2.17. The Kier molecular flexibility index (Phi) is 4.19. The van der Waals surface area contributed by atoms with Crippen molar-refractivity contribution in [3.8, 4) is 11.1 Å². The third-order valence-electron chi connectivity index (χ3n) is 4.19. The quantitative estimate of drug-likeness (QED) is 0.524. The fraction of sp³-hybridized carbons (Fsp3) is 0.0952. The minimum Gasteiger partial charge on any atom is -0.456 e. The number of ether oxygens (including phenoxy) is 1. The van der Waals surface area contributed by atoms with Crippen molar-refractivity contribution in [1.29, 1.82) is 0 Å². The topological polar surface area (TPSA) is 56.5 Å². The Morgan fingerprint density at radius 1 is 1.08 bits per heavy atom. The number of benzene rings is 1. The van der Waals surface area contributed by atoms with Crippen LogP contribution in [0.15, 0.2) is 73.2 Å². The van der Waals surface area contributed by atoms with Gasteiger partial charge < -0.3 is 4.74 Å². The molecule has 1 aromatic carbocycles. The molecule has 0 radical (unpaired) electrons. The van der Waals surface area contributed by atoms with Crippen LogP contribution in [0.25, 0.3) is 16.8 Å². The number of hydrogen-bond acceptors (Lipinski definition) is 4. The molecule has 0 bridgehead atoms. The Labute approximate surface area is 150 Å². The molecule has 5 nitrogen and oxygen atoms in total. The lowest BCUT2D eigenvalue weighted by Gasteiger charge is -2.08. The molecule has 0 amide bonds. The van der Waals surface area contributed by atoms with E-state index in [1.807, 2.05) is 73.9 Å². The normalized spacial score (nSPS) is 10.8. The van der Waals surface area contributed by atoms with E-state index >= 15 is 0 Å². The van der Waals surface area contributed by atoms with E-state index in [-0.39, 0.29) is 12.6 Å². The first-order valence-electron chi connectivity index (χ1n) is 8.32. The zero-order chi connectivity index (χ0) is 17.9. The maximum absolute atomic E-state index is 12.6. The summed E-state index contributed by atoms with van der Waals surface area (Å²) < 4.78 is 7.29. The first kappa shape index (κ1) is 16.0. The summed E-state index contributed by atoms with van der Waals surface area (Å²) in [5, 5.41) is 0. The number of hydrogen-bond donors (Lipinski definition) is 0. The van der Waals surface area contributed by atoms with Crippen LogP contribution in [0.2, 0.25) is 0 Å². The minimum absolute atomic E-state index is 0.201. The maximum Gasteiger partial charge on any atom is 0.357 e. The van der Waals surface area contributed by atoms with Crippen molar-refractivity contribution >= 4 is 11.6 Å². The number of rotatable bonds is 4. The molecule has 4 rings (SSSR count). The molecule has 0 N–H and O–H groups in total. The highest BCUT2D eigenvalue weighted by Crippen LogP contribution is 2.20. The number of esters is 1. The molecule has 0 atom stereocenters. The van der Waals surface area contributed by atoms with Crippen LogP contribution in [0, 0.1) is 6.92 Å². The fourth-order valence-electron chi connectivity index (χ4n) is 2.95. The van der Waals surface area contributed by atoms with Crippen molar-refractivity contribution in [2.75, 3.05) is 0 Å². The highest BCUT2D eigenvalue weighted by atomic mass is 16.5. The summed E-state index contributed by atoms with van der Waals surface area (Å²) in [6, 6.07) is 17.4. The maximum atomic E-state index is 12.6. The molecule has 0 aliphatic heterocycles. The summed E-state index contributed by atoms with van der Waals surface area (Å²) in [7, 11) is 0. The summed E-state index contributed by atoms with van der Waals surface area (Å²) >= 11 is 0. The lowest BCUT2D eigenvalue weighted by atomic mass is 10.1. The fourth-order valence-corrected chi connectivity index (χ4v) is 2.95. The van der Waals surface area contributed by atoms with E-state index < -0.39 is 0 Å². The molecule has 26 heavy (non-hydrogen) atoms. The van der Waals surface area contributed by atoms with Crippen LogP contribution in [0.3, 0.4) is 0 Å². The molecular weight excluding hydrogens is 326 g/mol. The van der Waals surface area contributed by atoms with Crippen LogP contribution in [-0.2, 0) is 11.3 Å². The summed E-state index contributed by atoms with van der Waals surface area (Å²) in [4.78, 5) is 21.1. The van der Waals surface area contributed by atoms with Gasteiger partial charge in [-0.3, -0.25) is 9.38 Å². The largest absolute Gasteiger partial charge is 0.456 e. The second-order valence-electron chi connectivity index (χ2n) is 5.99. The molecule has 0 unspecified atom stereocenters. The SMILES string of the molecule is Cc1nc2ccccn2c1C(=O)OCc1cccc(-c2cccnc2)c1. The number of carbonyl (C=O) groups excluding carboxylic acids is 1. The van der Waals surface area contributed by atoms with Crippen molar-refractivity contribution in [2.24, 2.45) is 0 Å². The molecule has 0 saturated carbocycles. The van der Waals surface area contributed by atoms with Gasteiger partial charge in [-0.15, -0.1) is 0 Å². The first-order valence-corrected chi connectivity index (χ1v) is 8.32. The molecule has 4 aromatic rings. The summed E-state index contributed by atoms with van der Waals surface area (Å²) in [5.74, 6) is -0.381. The van der Waals surface area contributed by atoms with Crippen molar-refractivity contribution in [2.45, 2.75) is 13.5 Å². The van der Waals surface area contributed by atoms with E-state index in [9.17, 15) is 4.79 Å². The molecule has 0 aliphatic rings. The van der Waals surface area contributed by atoms with Crippen LogP contribution in [-0.4, -0.2) is 20.3 Å². The number of pyridine rings is 2. The van der Waals surface area contributed by atoms with Gasteiger partial charge in [-0.25, -0.2) is 9.78 Å². The molecule has 128 valence electrons. The molecule has 0 saturated heterocycles. The van der Waals surface area contributed by atoms with Crippen molar-refractivity contribution < 1.29 is 9.53 Å². The average molecular weight is 343 g/mol. The minimum atomic E-state index is -0.381. The van der Waals surface area contributed by atoms with Gasteiger partial charge in [0.25, 0.3) is 0 Å². The molecule has 0 fully saturated rings. The molecule has 0 spiro atoms.